The Labute approximate surface area is 74.1 Å². The summed E-state index contributed by atoms with van der Waals surface area (Å²) in [5, 5.41) is 2.88. The van der Waals surface area contributed by atoms with Gasteiger partial charge >= 0.3 is 0 Å². The minimum Gasteiger partial charge on any atom is -0.330 e. The van der Waals surface area contributed by atoms with E-state index >= 15 is 0 Å². The molecule has 3 nitrogen and oxygen atoms in total. The molecule has 0 radical (unpaired) electrons. The average Bonchev–Trinajstić information content (AvgIpc) is 2.11. The molecule has 0 aliphatic rings. The van der Waals surface area contributed by atoms with Crippen LogP contribution in [0.2, 0.25) is 0 Å². The predicted molar refractivity (Wildman–Crippen MR) is 49.6 cm³/mol. The van der Waals surface area contributed by atoms with Crippen molar-refractivity contribution in [3.63, 3.8) is 0 Å². The molecule has 12 heavy (non-hydrogen) atoms. The van der Waals surface area contributed by atoms with Crippen LogP contribution in [0, 0.1) is 12.3 Å². The molecule has 3 heteroatoms. The molecular weight excluding hydrogens is 152 g/mol. The highest BCUT2D eigenvalue weighted by Crippen LogP contribution is 1.93. The van der Waals surface area contributed by atoms with Crippen molar-refractivity contribution in [1.82, 2.24) is 10.2 Å². The summed E-state index contributed by atoms with van der Waals surface area (Å²) in [5.74, 6) is 2.51. The molecule has 0 saturated carbocycles. The second-order valence-electron chi connectivity index (χ2n) is 2.57. The topological polar surface area (TPSA) is 32.3 Å². The second kappa shape index (κ2) is 5.62. The van der Waals surface area contributed by atoms with Crippen LogP contribution in [0.15, 0.2) is 0 Å². The van der Waals surface area contributed by atoms with Crippen molar-refractivity contribution in [3.05, 3.63) is 0 Å². The summed E-state index contributed by atoms with van der Waals surface area (Å²) in [6.45, 7) is 4.79. The van der Waals surface area contributed by atoms with Crippen LogP contribution in [0.1, 0.15) is 13.8 Å². The Morgan fingerprint density at radius 2 is 2.33 bits per heavy atom. The molecule has 0 rings (SSSR count). The van der Waals surface area contributed by atoms with Gasteiger partial charge in [0.15, 0.2) is 0 Å². The third-order valence-electron chi connectivity index (χ3n) is 1.78. The van der Waals surface area contributed by atoms with Crippen LogP contribution >= 0.6 is 0 Å². The van der Waals surface area contributed by atoms with E-state index in [1.807, 2.05) is 13.8 Å². The van der Waals surface area contributed by atoms with Crippen molar-refractivity contribution in [3.8, 4) is 12.3 Å². The lowest BCUT2D eigenvalue weighted by Crippen LogP contribution is -2.43. The van der Waals surface area contributed by atoms with Crippen molar-refractivity contribution in [2.75, 3.05) is 20.1 Å². The molecule has 0 spiro atoms. The van der Waals surface area contributed by atoms with Gasteiger partial charge in [-0.2, -0.15) is 0 Å². The molecule has 0 saturated heterocycles. The van der Waals surface area contributed by atoms with Crippen molar-refractivity contribution < 1.29 is 4.79 Å². The summed E-state index contributed by atoms with van der Waals surface area (Å²) < 4.78 is 0. The Balaban J connectivity index is 4.13. The predicted octanol–water partition coefficient (Wildman–Crippen LogP) is 0.0760. The number of rotatable bonds is 4. The van der Waals surface area contributed by atoms with E-state index in [9.17, 15) is 4.79 Å². The maximum absolute atomic E-state index is 11.5. The number of nitrogens with zero attached hydrogens (tertiary/aromatic N) is 1. The van der Waals surface area contributed by atoms with Crippen LogP contribution in [0.4, 0.5) is 0 Å². The first-order valence-electron chi connectivity index (χ1n) is 4.06. The smallest absolute Gasteiger partial charge is 0.240 e. The van der Waals surface area contributed by atoms with E-state index in [0.29, 0.717) is 13.1 Å². The van der Waals surface area contributed by atoms with E-state index in [4.69, 9.17) is 6.42 Å². The maximum atomic E-state index is 11.5. The molecule has 0 heterocycles. The zero-order valence-corrected chi connectivity index (χ0v) is 7.92. The monoisotopic (exact) mass is 168 g/mol. The van der Waals surface area contributed by atoms with Crippen LogP contribution in [0.25, 0.3) is 0 Å². The van der Waals surface area contributed by atoms with Gasteiger partial charge in [-0.25, -0.2) is 0 Å². The van der Waals surface area contributed by atoms with E-state index in [1.165, 1.54) is 0 Å². The largest absolute Gasteiger partial charge is 0.330 e. The summed E-state index contributed by atoms with van der Waals surface area (Å²) in [7, 11) is 1.76. The van der Waals surface area contributed by atoms with Crippen LogP contribution in [0.3, 0.4) is 0 Å². The van der Waals surface area contributed by atoms with E-state index in [-0.39, 0.29) is 11.9 Å². The number of nitrogens with one attached hydrogen (secondary N) is 1. The molecule has 1 atom stereocenters. The van der Waals surface area contributed by atoms with E-state index in [1.54, 1.807) is 11.9 Å². The van der Waals surface area contributed by atoms with Gasteiger partial charge in [-0.05, 0) is 20.9 Å². The molecular formula is C9H16N2O. The molecule has 0 aromatic rings. The lowest BCUT2D eigenvalue weighted by atomic mass is 10.3. The van der Waals surface area contributed by atoms with Crippen molar-refractivity contribution in [1.29, 1.82) is 0 Å². The Kier molecular flexibility index (Phi) is 5.14. The Bertz CT molecular complexity index is 183. The number of carbonyl (C=O) groups is 1. The Hall–Kier alpha value is -1.01. The van der Waals surface area contributed by atoms with Gasteiger partial charge in [-0.1, -0.05) is 5.92 Å². The first-order valence-corrected chi connectivity index (χ1v) is 4.06. The SMILES string of the molecule is C#CCN(CC)C(=O)C(C)NC. The Morgan fingerprint density at radius 3 is 2.67 bits per heavy atom. The number of carbonyl (C=O) groups excluding carboxylic acids is 1. The lowest BCUT2D eigenvalue weighted by molar-refractivity contribution is -0.132. The third-order valence-corrected chi connectivity index (χ3v) is 1.78. The number of amides is 1. The fraction of sp³-hybridized carbons (Fsp3) is 0.667. The van der Waals surface area contributed by atoms with E-state index < -0.39 is 0 Å². The van der Waals surface area contributed by atoms with Gasteiger partial charge in [0.1, 0.15) is 0 Å². The molecule has 0 bridgehead atoms. The first-order chi connectivity index (χ1) is 5.67. The number of hydrogen-bond donors (Lipinski definition) is 1. The fourth-order valence-electron chi connectivity index (χ4n) is 0.853. The van der Waals surface area contributed by atoms with Gasteiger partial charge in [0.05, 0.1) is 12.6 Å². The van der Waals surface area contributed by atoms with Crippen molar-refractivity contribution in [2.45, 2.75) is 19.9 Å². The highest BCUT2D eigenvalue weighted by Gasteiger charge is 2.15. The van der Waals surface area contributed by atoms with E-state index in [2.05, 4.69) is 11.2 Å². The fourth-order valence-corrected chi connectivity index (χ4v) is 0.853. The second-order valence-corrected chi connectivity index (χ2v) is 2.57. The van der Waals surface area contributed by atoms with Crippen LogP contribution in [-0.4, -0.2) is 37.0 Å². The molecule has 0 fully saturated rings. The van der Waals surface area contributed by atoms with Crippen LogP contribution in [-0.2, 0) is 4.79 Å². The summed E-state index contributed by atoms with van der Waals surface area (Å²) >= 11 is 0. The molecule has 1 N–H and O–H groups in total. The zero-order chi connectivity index (χ0) is 9.56. The minimum atomic E-state index is -0.154. The number of likely N-dealkylation sites (N-methyl/N-ethyl adjacent to an activating group) is 2. The molecule has 68 valence electrons. The number of terminal acetylenes is 1. The summed E-state index contributed by atoms with van der Waals surface area (Å²) in [6.07, 6.45) is 5.12. The number of hydrogen-bond acceptors (Lipinski definition) is 2. The van der Waals surface area contributed by atoms with Gasteiger partial charge in [0, 0.05) is 6.54 Å². The summed E-state index contributed by atoms with van der Waals surface area (Å²) in [4.78, 5) is 13.1. The quantitative estimate of drug-likeness (QED) is 0.603. The molecule has 0 aliphatic carbocycles. The summed E-state index contributed by atoms with van der Waals surface area (Å²) in [5.41, 5.74) is 0. The lowest BCUT2D eigenvalue weighted by Gasteiger charge is -2.21. The minimum absolute atomic E-state index is 0.0537. The van der Waals surface area contributed by atoms with Crippen molar-refractivity contribution in [2.24, 2.45) is 0 Å². The standard InChI is InChI=1S/C9H16N2O/c1-5-7-11(6-2)9(12)8(3)10-4/h1,8,10H,6-7H2,2-4H3. The van der Waals surface area contributed by atoms with Crippen molar-refractivity contribution >= 4 is 5.91 Å². The zero-order valence-electron chi connectivity index (χ0n) is 7.92. The molecule has 1 amide bonds. The molecule has 1 unspecified atom stereocenters. The normalized spacial score (nSPS) is 11.8. The van der Waals surface area contributed by atoms with Gasteiger partial charge in [0.2, 0.25) is 5.91 Å². The van der Waals surface area contributed by atoms with Gasteiger partial charge in [0.25, 0.3) is 0 Å². The third kappa shape index (κ3) is 2.93. The first kappa shape index (κ1) is 11.0. The molecule has 0 aliphatic heterocycles. The maximum Gasteiger partial charge on any atom is 0.240 e. The highest BCUT2D eigenvalue weighted by atomic mass is 16.2. The van der Waals surface area contributed by atoms with Gasteiger partial charge in [-0.3, -0.25) is 4.79 Å². The van der Waals surface area contributed by atoms with Gasteiger partial charge < -0.3 is 10.2 Å². The highest BCUT2D eigenvalue weighted by molar-refractivity contribution is 5.81. The van der Waals surface area contributed by atoms with E-state index in [0.717, 1.165) is 0 Å². The average molecular weight is 168 g/mol. The summed E-state index contributed by atoms with van der Waals surface area (Å²) in [6, 6.07) is -0.154. The van der Waals surface area contributed by atoms with Gasteiger partial charge in [-0.15, -0.1) is 6.42 Å². The molecule has 0 aromatic carbocycles. The van der Waals surface area contributed by atoms with Crippen LogP contribution < -0.4 is 5.32 Å². The van der Waals surface area contributed by atoms with Crippen LogP contribution in [0.5, 0.6) is 0 Å². The Morgan fingerprint density at radius 1 is 1.75 bits per heavy atom. The molecule has 0 aromatic heterocycles.